The predicted molar refractivity (Wildman–Crippen MR) is 106 cm³/mol. The maximum Gasteiger partial charge on any atom is 0.119 e. The van der Waals surface area contributed by atoms with Gasteiger partial charge < -0.3 is 14.7 Å². The van der Waals surface area contributed by atoms with Crippen molar-refractivity contribution in [1.29, 1.82) is 0 Å². The number of hydrogen-bond acceptors (Lipinski definition) is 3. The molecule has 0 saturated carbocycles. The molecule has 2 rings (SSSR count). The zero-order valence-corrected chi connectivity index (χ0v) is 15.7. The summed E-state index contributed by atoms with van der Waals surface area (Å²) in [5.74, 6) is 1.20. The SMILES string of the molecule is CCN(CC)CCOc1ccc(/C(C)=C(\C)c2ccc(O)cc2)cc1. The van der Waals surface area contributed by atoms with E-state index < -0.39 is 0 Å². The van der Waals surface area contributed by atoms with E-state index in [1.165, 1.54) is 16.7 Å². The van der Waals surface area contributed by atoms with Crippen molar-refractivity contribution < 1.29 is 9.84 Å². The van der Waals surface area contributed by atoms with E-state index in [2.05, 4.69) is 44.7 Å². The first-order valence-electron chi connectivity index (χ1n) is 8.97. The zero-order chi connectivity index (χ0) is 18.2. The topological polar surface area (TPSA) is 32.7 Å². The van der Waals surface area contributed by atoms with Crippen LogP contribution in [0.2, 0.25) is 0 Å². The molecule has 0 atom stereocenters. The number of benzene rings is 2. The number of aromatic hydroxyl groups is 1. The number of hydrogen-bond donors (Lipinski definition) is 1. The van der Waals surface area contributed by atoms with Crippen LogP contribution in [-0.4, -0.2) is 36.2 Å². The number of phenolic OH excluding ortho intramolecular Hbond substituents is 1. The molecule has 0 amide bonds. The lowest BCUT2D eigenvalue weighted by Crippen LogP contribution is -2.27. The van der Waals surface area contributed by atoms with Crippen molar-refractivity contribution >= 4 is 11.1 Å². The van der Waals surface area contributed by atoms with Gasteiger partial charge in [0.2, 0.25) is 0 Å². The van der Waals surface area contributed by atoms with Gasteiger partial charge in [0.15, 0.2) is 0 Å². The number of phenols is 1. The molecule has 3 nitrogen and oxygen atoms in total. The van der Waals surface area contributed by atoms with Crippen LogP contribution in [0, 0.1) is 0 Å². The molecule has 2 aromatic rings. The first kappa shape index (κ1) is 19.1. The van der Waals surface area contributed by atoms with Crippen molar-refractivity contribution in [2.45, 2.75) is 27.7 Å². The molecule has 0 spiro atoms. The Morgan fingerprint density at radius 2 is 1.32 bits per heavy atom. The van der Waals surface area contributed by atoms with Gasteiger partial charge >= 0.3 is 0 Å². The lowest BCUT2D eigenvalue weighted by Gasteiger charge is -2.18. The van der Waals surface area contributed by atoms with Crippen LogP contribution in [0.1, 0.15) is 38.8 Å². The second-order valence-corrected chi connectivity index (χ2v) is 6.20. The summed E-state index contributed by atoms with van der Waals surface area (Å²) in [6.07, 6.45) is 0. The Bertz CT molecular complexity index is 683. The van der Waals surface area contributed by atoms with Crippen LogP contribution in [0.3, 0.4) is 0 Å². The Labute approximate surface area is 151 Å². The summed E-state index contributed by atoms with van der Waals surface area (Å²) in [4.78, 5) is 2.35. The van der Waals surface area contributed by atoms with Gasteiger partial charge in [-0.3, -0.25) is 0 Å². The summed E-state index contributed by atoms with van der Waals surface area (Å²) in [6.45, 7) is 12.3. The van der Waals surface area contributed by atoms with E-state index in [0.717, 1.165) is 30.9 Å². The molecule has 0 heterocycles. The Kier molecular flexibility index (Phi) is 7.08. The molecule has 0 saturated heterocycles. The fourth-order valence-corrected chi connectivity index (χ4v) is 2.78. The number of ether oxygens (including phenoxy) is 1. The molecule has 134 valence electrons. The average Bonchev–Trinajstić information content (AvgIpc) is 2.65. The smallest absolute Gasteiger partial charge is 0.119 e. The third-order valence-corrected chi connectivity index (χ3v) is 4.72. The van der Waals surface area contributed by atoms with E-state index in [9.17, 15) is 5.11 Å². The second-order valence-electron chi connectivity index (χ2n) is 6.20. The quantitative estimate of drug-likeness (QED) is 0.682. The molecule has 0 aliphatic heterocycles. The van der Waals surface area contributed by atoms with E-state index in [-0.39, 0.29) is 0 Å². The van der Waals surface area contributed by atoms with Gasteiger partial charge in [0, 0.05) is 6.54 Å². The molecule has 3 heteroatoms. The Morgan fingerprint density at radius 1 is 0.840 bits per heavy atom. The first-order chi connectivity index (χ1) is 12.0. The highest BCUT2D eigenvalue weighted by molar-refractivity contribution is 5.88. The average molecular weight is 339 g/mol. The molecule has 25 heavy (non-hydrogen) atoms. The fourth-order valence-electron chi connectivity index (χ4n) is 2.78. The van der Waals surface area contributed by atoms with Gasteiger partial charge in [0.1, 0.15) is 18.1 Å². The summed E-state index contributed by atoms with van der Waals surface area (Å²) >= 11 is 0. The summed E-state index contributed by atoms with van der Waals surface area (Å²) in [5.41, 5.74) is 4.73. The molecule has 0 aliphatic rings. The maximum absolute atomic E-state index is 9.43. The Balaban J connectivity index is 2.03. The van der Waals surface area contributed by atoms with Crippen LogP contribution in [0.4, 0.5) is 0 Å². The van der Waals surface area contributed by atoms with E-state index in [1.807, 2.05) is 24.3 Å². The van der Waals surface area contributed by atoms with Gasteiger partial charge in [-0.05, 0) is 73.5 Å². The van der Waals surface area contributed by atoms with Crippen LogP contribution in [0.15, 0.2) is 48.5 Å². The summed E-state index contributed by atoms with van der Waals surface area (Å²) < 4.78 is 5.85. The first-order valence-corrected chi connectivity index (χ1v) is 8.97. The van der Waals surface area contributed by atoms with Crippen LogP contribution in [0.25, 0.3) is 11.1 Å². The minimum Gasteiger partial charge on any atom is -0.508 e. The van der Waals surface area contributed by atoms with Crippen LogP contribution < -0.4 is 4.74 Å². The number of rotatable bonds is 8. The van der Waals surface area contributed by atoms with Crippen molar-refractivity contribution in [3.63, 3.8) is 0 Å². The van der Waals surface area contributed by atoms with E-state index in [0.29, 0.717) is 12.4 Å². The predicted octanol–water partition coefficient (Wildman–Crippen LogP) is 5.06. The molecule has 0 aromatic heterocycles. The molecule has 0 aliphatic carbocycles. The highest BCUT2D eigenvalue weighted by Crippen LogP contribution is 2.27. The minimum atomic E-state index is 0.292. The Hall–Kier alpha value is -2.26. The normalized spacial score (nSPS) is 12.2. The molecule has 1 N–H and O–H groups in total. The third-order valence-electron chi connectivity index (χ3n) is 4.72. The largest absolute Gasteiger partial charge is 0.508 e. The molecular weight excluding hydrogens is 310 g/mol. The number of likely N-dealkylation sites (N-methyl/N-ethyl adjacent to an activating group) is 1. The number of allylic oxidation sites excluding steroid dienone is 2. The van der Waals surface area contributed by atoms with E-state index >= 15 is 0 Å². The monoisotopic (exact) mass is 339 g/mol. The van der Waals surface area contributed by atoms with E-state index in [4.69, 9.17) is 4.74 Å². The molecule has 0 radical (unpaired) electrons. The standard InChI is InChI=1S/C22H29NO2/c1-5-23(6-2)15-16-25-22-13-9-20(10-14-22)18(4)17(3)19-7-11-21(24)12-8-19/h7-14,24H,5-6,15-16H2,1-4H3/b18-17+. The van der Waals surface area contributed by atoms with Gasteiger partial charge in [-0.15, -0.1) is 0 Å². The molecule has 0 unspecified atom stereocenters. The van der Waals surface area contributed by atoms with Crippen molar-refractivity contribution in [1.82, 2.24) is 4.90 Å². The van der Waals surface area contributed by atoms with Crippen molar-refractivity contribution in [3.05, 3.63) is 59.7 Å². The maximum atomic E-state index is 9.43. The number of nitrogens with zero attached hydrogens (tertiary/aromatic N) is 1. The molecule has 2 aromatic carbocycles. The lowest BCUT2D eigenvalue weighted by atomic mass is 9.97. The summed E-state index contributed by atoms with van der Waals surface area (Å²) in [7, 11) is 0. The highest BCUT2D eigenvalue weighted by atomic mass is 16.5. The van der Waals surface area contributed by atoms with Crippen LogP contribution in [0.5, 0.6) is 11.5 Å². The highest BCUT2D eigenvalue weighted by Gasteiger charge is 2.05. The van der Waals surface area contributed by atoms with Crippen molar-refractivity contribution in [3.8, 4) is 11.5 Å². The molecule has 0 bridgehead atoms. The van der Waals surface area contributed by atoms with Crippen LogP contribution >= 0.6 is 0 Å². The van der Waals surface area contributed by atoms with Crippen molar-refractivity contribution in [2.75, 3.05) is 26.2 Å². The van der Waals surface area contributed by atoms with Crippen LogP contribution in [-0.2, 0) is 0 Å². The van der Waals surface area contributed by atoms with Gasteiger partial charge in [-0.25, -0.2) is 0 Å². The van der Waals surface area contributed by atoms with E-state index in [1.54, 1.807) is 12.1 Å². The second kappa shape index (κ2) is 9.28. The van der Waals surface area contributed by atoms with Gasteiger partial charge in [-0.2, -0.15) is 0 Å². The Morgan fingerprint density at radius 3 is 1.80 bits per heavy atom. The minimum absolute atomic E-state index is 0.292. The van der Waals surface area contributed by atoms with Crippen molar-refractivity contribution in [2.24, 2.45) is 0 Å². The molecular formula is C22H29NO2. The van der Waals surface area contributed by atoms with Gasteiger partial charge in [0.25, 0.3) is 0 Å². The summed E-state index contributed by atoms with van der Waals surface area (Å²) in [5, 5.41) is 9.43. The van der Waals surface area contributed by atoms with Gasteiger partial charge in [0.05, 0.1) is 0 Å². The van der Waals surface area contributed by atoms with Gasteiger partial charge in [-0.1, -0.05) is 38.1 Å². The lowest BCUT2D eigenvalue weighted by molar-refractivity contribution is 0.223. The summed E-state index contributed by atoms with van der Waals surface area (Å²) in [6, 6.07) is 15.6. The zero-order valence-electron chi connectivity index (χ0n) is 15.7. The fraction of sp³-hybridized carbons (Fsp3) is 0.364. The third kappa shape index (κ3) is 5.36. The molecule has 0 fully saturated rings.